The lowest BCUT2D eigenvalue weighted by molar-refractivity contribution is -0.192. The van der Waals surface area contributed by atoms with Gasteiger partial charge >= 0.3 is 12.1 Å². The van der Waals surface area contributed by atoms with E-state index in [1.807, 2.05) is 12.1 Å². The Morgan fingerprint density at radius 2 is 1.86 bits per heavy atom. The van der Waals surface area contributed by atoms with Gasteiger partial charge in [-0.25, -0.2) is 14.2 Å². The Morgan fingerprint density at radius 1 is 1.19 bits per heavy atom. The van der Waals surface area contributed by atoms with Crippen molar-refractivity contribution in [3.63, 3.8) is 0 Å². The average molecular weight is 531 g/mol. The van der Waals surface area contributed by atoms with E-state index in [1.165, 1.54) is 6.20 Å². The van der Waals surface area contributed by atoms with E-state index < -0.39 is 18.3 Å². The van der Waals surface area contributed by atoms with Crippen LogP contribution in [-0.4, -0.2) is 68.1 Å². The SMILES string of the molecule is CC[C@H](F)CNc1ncc(C(=O)NCc2cccnc2)c(NC2CCC(O)CC2)n1.O=C(O)C(F)(F)F. The maximum atomic E-state index is 13.6. The smallest absolute Gasteiger partial charge is 0.475 e. The second-order valence-electron chi connectivity index (χ2n) is 8.34. The predicted molar refractivity (Wildman–Crippen MR) is 127 cm³/mol. The largest absolute Gasteiger partial charge is 0.490 e. The number of pyridine rings is 1. The molecule has 0 radical (unpaired) electrons. The number of nitrogens with zero attached hydrogens (tertiary/aromatic N) is 3. The van der Waals surface area contributed by atoms with Gasteiger partial charge in [-0.1, -0.05) is 13.0 Å². The number of anilines is 2. The molecule has 1 saturated carbocycles. The summed E-state index contributed by atoms with van der Waals surface area (Å²) in [6, 6.07) is 3.79. The zero-order valence-electron chi connectivity index (χ0n) is 20.1. The fourth-order valence-electron chi connectivity index (χ4n) is 3.28. The Balaban J connectivity index is 0.000000604. The highest BCUT2D eigenvalue weighted by Gasteiger charge is 2.38. The third-order valence-corrected chi connectivity index (χ3v) is 5.41. The van der Waals surface area contributed by atoms with Crippen molar-refractivity contribution in [3.05, 3.63) is 41.9 Å². The summed E-state index contributed by atoms with van der Waals surface area (Å²) >= 11 is 0. The number of halogens is 4. The predicted octanol–water partition coefficient (Wildman–Crippen LogP) is 3.31. The molecule has 0 aromatic carbocycles. The monoisotopic (exact) mass is 530 g/mol. The number of carbonyl (C=O) groups excluding carboxylic acids is 1. The molecule has 1 atom stereocenters. The van der Waals surface area contributed by atoms with E-state index in [1.54, 1.807) is 19.3 Å². The van der Waals surface area contributed by atoms with Gasteiger partial charge in [-0.2, -0.15) is 18.2 Å². The highest BCUT2D eigenvalue weighted by Crippen LogP contribution is 2.24. The molecule has 0 unspecified atom stereocenters. The number of carboxylic acid groups (broad SMARTS) is 1. The number of aliphatic hydroxyl groups excluding tert-OH is 1. The normalized spacial score (nSPS) is 18.1. The van der Waals surface area contributed by atoms with Crippen LogP contribution in [0.2, 0.25) is 0 Å². The summed E-state index contributed by atoms with van der Waals surface area (Å²) in [6.07, 6.45) is 1.85. The van der Waals surface area contributed by atoms with E-state index in [0.717, 1.165) is 18.4 Å². The van der Waals surface area contributed by atoms with E-state index >= 15 is 0 Å². The number of hydrogen-bond donors (Lipinski definition) is 5. The molecule has 0 saturated heterocycles. The number of aliphatic carboxylic acids is 1. The first-order valence-corrected chi connectivity index (χ1v) is 11.7. The van der Waals surface area contributed by atoms with Crippen molar-refractivity contribution in [2.75, 3.05) is 17.2 Å². The van der Waals surface area contributed by atoms with Crippen molar-refractivity contribution >= 4 is 23.6 Å². The number of aliphatic hydroxyl groups is 1. The number of carbonyl (C=O) groups is 2. The van der Waals surface area contributed by atoms with Gasteiger partial charge < -0.3 is 26.2 Å². The van der Waals surface area contributed by atoms with Crippen molar-refractivity contribution in [3.8, 4) is 0 Å². The van der Waals surface area contributed by atoms with Crippen LogP contribution in [0.1, 0.15) is 54.9 Å². The molecule has 1 aliphatic rings. The first-order chi connectivity index (χ1) is 17.5. The molecule has 37 heavy (non-hydrogen) atoms. The van der Waals surface area contributed by atoms with Gasteiger partial charge in [0.1, 0.15) is 17.6 Å². The van der Waals surface area contributed by atoms with Crippen molar-refractivity contribution in [2.45, 2.75) is 70.1 Å². The minimum atomic E-state index is -5.08. The van der Waals surface area contributed by atoms with E-state index in [9.17, 15) is 27.5 Å². The quantitative estimate of drug-likeness (QED) is 0.308. The molecule has 0 aliphatic heterocycles. The summed E-state index contributed by atoms with van der Waals surface area (Å²) in [7, 11) is 0. The average Bonchev–Trinajstić information content (AvgIpc) is 2.87. The van der Waals surface area contributed by atoms with Gasteiger partial charge in [-0.15, -0.1) is 0 Å². The molecule has 10 nitrogen and oxygen atoms in total. The molecule has 0 spiro atoms. The summed E-state index contributed by atoms with van der Waals surface area (Å²) in [5.41, 5.74) is 1.21. The standard InChI is InChI=1S/C21H29FN6O2.C2HF3O2/c1-2-15(22)12-25-21-26-13-18(20(30)24-11-14-4-3-9-23-10-14)19(28-21)27-16-5-7-17(29)8-6-16;3-2(4,5)1(6)7/h3-4,9-10,13,15-17,29H,2,5-8,11-12H2,1H3,(H,24,30)(H2,25,26,27,28);(H,6,7)/t15-,16?,17?;/m0./s1. The molecule has 2 aromatic heterocycles. The fourth-order valence-corrected chi connectivity index (χ4v) is 3.28. The number of hydrogen-bond acceptors (Lipinski definition) is 8. The van der Waals surface area contributed by atoms with Crippen molar-refractivity contribution < 1.29 is 37.4 Å². The summed E-state index contributed by atoms with van der Waals surface area (Å²) in [5, 5.41) is 25.9. The van der Waals surface area contributed by atoms with Crippen LogP contribution in [0.4, 0.5) is 29.3 Å². The first kappa shape index (κ1) is 29.7. The van der Waals surface area contributed by atoms with Crippen LogP contribution in [0.15, 0.2) is 30.7 Å². The third kappa shape index (κ3) is 10.5. The second-order valence-corrected chi connectivity index (χ2v) is 8.34. The van der Waals surface area contributed by atoms with E-state index in [2.05, 4.69) is 30.9 Å². The third-order valence-electron chi connectivity index (χ3n) is 5.41. The summed E-state index contributed by atoms with van der Waals surface area (Å²) in [4.78, 5) is 34.3. The maximum absolute atomic E-state index is 13.6. The number of amides is 1. The van der Waals surface area contributed by atoms with Crippen LogP contribution in [0, 0.1) is 0 Å². The minimum Gasteiger partial charge on any atom is -0.475 e. The lowest BCUT2D eigenvalue weighted by atomic mass is 9.93. The lowest BCUT2D eigenvalue weighted by Gasteiger charge is -2.27. The zero-order chi connectivity index (χ0) is 27.4. The summed E-state index contributed by atoms with van der Waals surface area (Å²) in [5.74, 6) is -2.38. The molecular weight excluding hydrogens is 500 g/mol. The van der Waals surface area contributed by atoms with Gasteiger partial charge in [0, 0.05) is 37.7 Å². The zero-order valence-corrected chi connectivity index (χ0v) is 20.1. The van der Waals surface area contributed by atoms with Crippen LogP contribution in [0.5, 0.6) is 0 Å². The molecule has 1 fully saturated rings. The number of alkyl halides is 4. The summed E-state index contributed by atoms with van der Waals surface area (Å²) < 4.78 is 45.3. The molecule has 14 heteroatoms. The molecule has 5 N–H and O–H groups in total. The Hall–Kier alpha value is -3.55. The summed E-state index contributed by atoms with van der Waals surface area (Å²) in [6.45, 7) is 2.22. The molecular formula is C23H30F4N6O4. The number of rotatable bonds is 9. The van der Waals surface area contributed by atoms with E-state index in [-0.39, 0.29) is 30.5 Å². The van der Waals surface area contributed by atoms with Gasteiger partial charge in [0.05, 0.1) is 6.10 Å². The number of nitrogens with one attached hydrogen (secondary N) is 3. The Labute approximate surface area is 210 Å². The Bertz CT molecular complexity index is 1000. The van der Waals surface area contributed by atoms with E-state index in [0.29, 0.717) is 37.2 Å². The Kier molecular flexibility index (Phi) is 11.4. The van der Waals surface area contributed by atoms with Crippen LogP contribution in [-0.2, 0) is 11.3 Å². The van der Waals surface area contributed by atoms with Gasteiger partial charge in [0.25, 0.3) is 5.91 Å². The van der Waals surface area contributed by atoms with Crippen molar-refractivity contribution in [1.29, 1.82) is 0 Å². The Morgan fingerprint density at radius 3 is 2.43 bits per heavy atom. The molecule has 1 aliphatic carbocycles. The van der Waals surface area contributed by atoms with Crippen LogP contribution >= 0.6 is 0 Å². The maximum Gasteiger partial charge on any atom is 0.490 e. The van der Waals surface area contributed by atoms with E-state index in [4.69, 9.17) is 9.90 Å². The molecule has 204 valence electrons. The lowest BCUT2D eigenvalue weighted by Crippen LogP contribution is -2.31. The second kappa shape index (κ2) is 14.3. The van der Waals surface area contributed by atoms with Crippen LogP contribution in [0.3, 0.4) is 0 Å². The molecule has 1 amide bonds. The fraction of sp³-hybridized carbons (Fsp3) is 0.522. The number of carboxylic acids is 1. The van der Waals surface area contributed by atoms with Gasteiger partial charge in [0.2, 0.25) is 5.95 Å². The first-order valence-electron chi connectivity index (χ1n) is 11.7. The number of aromatic nitrogens is 3. The molecule has 3 rings (SSSR count). The molecule has 2 aromatic rings. The highest BCUT2D eigenvalue weighted by atomic mass is 19.4. The molecule has 0 bridgehead atoms. The topological polar surface area (TPSA) is 149 Å². The van der Waals surface area contributed by atoms with Crippen molar-refractivity contribution in [1.82, 2.24) is 20.3 Å². The van der Waals surface area contributed by atoms with Crippen LogP contribution in [0.25, 0.3) is 0 Å². The van der Waals surface area contributed by atoms with Gasteiger partial charge in [0.15, 0.2) is 0 Å². The molecule has 2 heterocycles. The van der Waals surface area contributed by atoms with Gasteiger partial charge in [-0.3, -0.25) is 9.78 Å². The van der Waals surface area contributed by atoms with Gasteiger partial charge in [-0.05, 0) is 43.7 Å². The highest BCUT2D eigenvalue weighted by molar-refractivity contribution is 5.98. The van der Waals surface area contributed by atoms with Crippen LogP contribution < -0.4 is 16.0 Å². The van der Waals surface area contributed by atoms with Crippen molar-refractivity contribution in [2.24, 2.45) is 0 Å². The minimum absolute atomic E-state index is 0.102.